The molecule has 1 atom stereocenters. The van der Waals surface area contributed by atoms with E-state index in [-0.39, 0.29) is 24.5 Å². The summed E-state index contributed by atoms with van der Waals surface area (Å²) >= 11 is 0. The minimum absolute atomic E-state index is 0.0261. The molecule has 1 aromatic carbocycles. The number of hydrogen-bond acceptors (Lipinski definition) is 2. The SMILES string of the molecule is CC(C)N(CCO)C(=O)C1CCCc2ccccc21. The highest BCUT2D eigenvalue weighted by Crippen LogP contribution is 2.33. The number of carbonyl (C=O) groups excluding carboxylic acids is 1. The molecule has 0 saturated heterocycles. The predicted octanol–water partition coefficient (Wildman–Crippen LogP) is 2.34. The summed E-state index contributed by atoms with van der Waals surface area (Å²) in [5.74, 6) is 0.134. The Hall–Kier alpha value is -1.35. The van der Waals surface area contributed by atoms with Crippen molar-refractivity contribution in [3.8, 4) is 0 Å². The van der Waals surface area contributed by atoms with E-state index in [2.05, 4.69) is 12.1 Å². The topological polar surface area (TPSA) is 40.5 Å². The lowest BCUT2D eigenvalue weighted by atomic mass is 9.82. The molecule has 0 aromatic heterocycles. The zero-order valence-corrected chi connectivity index (χ0v) is 11.8. The summed E-state index contributed by atoms with van der Waals surface area (Å²) in [5.41, 5.74) is 2.49. The number of rotatable bonds is 4. The number of amides is 1. The summed E-state index contributed by atoms with van der Waals surface area (Å²) < 4.78 is 0. The molecular weight excluding hydrogens is 238 g/mol. The van der Waals surface area contributed by atoms with Crippen molar-refractivity contribution in [2.24, 2.45) is 0 Å². The Labute approximate surface area is 115 Å². The standard InChI is InChI=1S/C16H23NO2/c1-12(2)17(10-11-18)16(19)15-9-5-7-13-6-3-4-8-14(13)15/h3-4,6,8,12,15,18H,5,7,9-11H2,1-2H3. The van der Waals surface area contributed by atoms with Crippen LogP contribution in [0.5, 0.6) is 0 Å². The van der Waals surface area contributed by atoms with Gasteiger partial charge in [0.05, 0.1) is 12.5 Å². The molecule has 0 spiro atoms. The van der Waals surface area contributed by atoms with E-state index in [1.807, 2.05) is 26.0 Å². The van der Waals surface area contributed by atoms with Gasteiger partial charge in [0.2, 0.25) is 5.91 Å². The molecule has 0 fully saturated rings. The van der Waals surface area contributed by atoms with Gasteiger partial charge in [-0.3, -0.25) is 4.79 Å². The first-order chi connectivity index (χ1) is 9.15. The summed E-state index contributed by atoms with van der Waals surface area (Å²) in [6.07, 6.45) is 3.06. The zero-order chi connectivity index (χ0) is 13.8. The molecule has 1 aliphatic rings. The Morgan fingerprint density at radius 1 is 1.42 bits per heavy atom. The third-order valence-corrected chi connectivity index (χ3v) is 3.91. The number of carbonyl (C=O) groups is 1. The van der Waals surface area contributed by atoms with Gasteiger partial charge in [-0.05, 0) is 44.2 Å². The van der Waals surface area contributed by atoms with Crippen molar-refractivity contribution in [1.82, 2.24) is 4.90 Å². The molecule has 1 aromatic rings. The highest BCUT2D eigenvalue weighted by Gasteiger charge is 2.30. The first kappa shape index (κ1) is 14.1. The Morgan fingerprint density at radius 3 is 2.84 bits per heavy atom. The van der Waals surface area contributed by atoms with Crippen LogP contribution in [-0.2, 0) is 11.2 Å². The van der Waals surface area contributed by atoms with Crippen LogP contribution in [0.25, 0.3) is 0 Å². The maximum atomic E-state index is 12.7. The van der Waals surface area contributed by atoms with Crippen molar-refractivity contribution in [1.29, 1.82) is 0 Å². The second-order valence-corrected chi connectivity index (χ2v) is 5.49. The van der Waals surface area contributed by atoms with Crippen molar-refractivity contribution >= 4 is 5.91 Å². The van der Waals surface area contributed by atoms with Gasteiger partial charge in [0.15, 0.2) is 0 Å². The first-order valence-electron chi connectivity index (χ1n) is 7.14. The normalized spacial score (nSPS) is 18.2. The molecule has 2 rings (SSSR count). The monoisotopic (exact) mass is 261 g/mol. The maximum absolute atomic E-state index is 12.7. The second kappa shape index (κ2) is 6.20. The molecule has 1 unspecified atom stereocenters. The molecule has 0 heterocycles. The highest BCUT2D eigenvalue weighted by atomic mass is 16.3. The highest BCUT2D eigenvalue weighted by molar-refractivity contribution is 5.84. The van der Waals surface area contributed by atoms with Gasteiger partial charge in [0.1, 0.15) is 0 Å². The van der Waals surface area contributed by atoms with Crippen LogP contribution >= 0.6 is 0 Å². The van der Waals surface area contributed by atoms with Crippen LogP contribution in [-0.4, -0.2) is 35.1 Å². The number of aryl methyl sites for hydroxylation is 1. The molecule has 1 amide bonds. The minimum Gasteiger partial charge on any atom is -0.395 e. The fourth-order valence-corrected chi connectivity index (χ4v) is 2.94. The van der Waals surface area contributed by atoms with Gasteiger partial charge in [-0.1, -0.05) is 24.3 Å². The number of fused-ring (bicyclic) bond motifs is 1. The molecule has 1 aliphatic carbocycles. The van der Waals surface area contributed by atoms with Crippen molar-refractivity contribution in [3.63, 3.8) is 0 Å². The molecular formula is C16H23NO2. The lowest BCUT2D eigenvalue weighted by Gasteiger charge is -2.33. The summed E-state index contributed by atoms with van der Waals surface area (Å²) in [6.45, 7) is 4.46. The van der Waals surface area contributed by atoms with Gasteiger partial charge in [0, 0.05) is 12.6 Å². The maximum Gasteiger partial charge on any atom is 0.230 e. The fourth-order valence-electron chi connectivity index (χ4n) is 2.94. The van der Waals surface area contributed by atoms with E-state index in [1.54, 1.807) is 4.90 Å². The van der Waals surface area contributed by atoms with E-state index in [9.17, 15) is 4.79 Å². The molecule has 0 aliphatic heterocycles. The zero-order valence-electron chi connectivity index (χ0n) is 11.8. The first-order valence-corrected chi connectivity index (χ1v) is 7.14. The predicted molar refractivity (Wildman–Crippen MR) is 76.1 cm³/mol. The van der Waals surface area contributed by atoms with E-state index >= 15 is 0 Å². The van der Waals surface area contributed by atoms with Crippen LogP contribution in [0.1, 0.15) is 43.7 Å². The smallest absolute Gasteiger partial charge is 0.230 e. The fraction of sp³-hybridized carbons (Fsp3) is 0.562. The van der Waals surface area contributed by atoms with Crippen molar-refractivity contribution < 1.29 is 9.90 Å². The molecule has 3 heteroatoms. The number of hydrogen-bond donors (Lipinski definition) is 1. The number of nitrogens with zero attached hydrogens (tertiary/aromatic N) is 1. The van der Waals surface area contributed by atoms with Crippen LogP contribution in [0, 0.1) is 0 Å². The van der Waals surface area contributed by atoms with Gasteiger partial charge >= 0.3 is 0 Å². The van der Waals surface area contributed by atoms with Gasteiger partial charge in [0.25, 0.3) is 0 Å². The molecule has 19 heavy (non-hydrogen) atoms. The Morgan fingerprint density at radius 2 is 2.16 bits per heavy atom. The number of aliphatic hydroxyl groups is 1. The van der Waals surface area contributed by atoms with Crippen molar-refractivity contribution in [2.45, 2.75) is 45.1 Å². The molecule has 104 valence electrons. The molecule has 1 N–H and O–H groups in total. The minimum atomic E-state index is -0.0288. The summed E-state index contributed by atoms with van der Waals surface area (Å²) in [7, 11) is 0. The lowest BCUT2D eigenvalue weighted by Crippen LogP contribution is -2.42. The van der Waals surface area contributed by atoms with E-state index in [4.69, 9.17) is 5.11 Å². The Bertz CT molecular complexity index is 442. The molecule has 0 saturated carbocycles. The lowest BCUT2D eigenvalue weighted by molar-refractivity contribution is -0.135. The van der Waals surface area contributed by atoms with Crippen LogP contribution < -0.4 is 0 Å². The second-order valence-electron chi connectivity index (χ2n) is 5.49. The third-order valence-electron chi connectivity index (χ3n) is 3.91. The average Bonchev–Trinajstić information content (AvgIpc) is 2.43. The van der Waals surface area contributed by atoms with Gasteiger partial charge in [-0.2, -0.15) is 0 Å². The van der Waals surface area contributed by atoms with E-state index in [1.165, 1.54) is 11.1 Å². The number of aliphatic hydroxyl groups excluding tert-OH is 1. The molecule has 3 nitrogen and oxygen atoms in total. The third kappa shape index (κ3) is 2.98. The molecule has 0 radical (unpaired) electrons. The van der Waals surface area contributed by atoms with Crippen molar-refractivity contribution in [3.05, 3.63) is 35.4 Å². The summed E-state index contributed by atoms with van der Waals surface area (Å²) in [6, 6.07) is 8.39. The Kier molecular flexibility index (Phi) is 4.59. The van der Waals surface area contributed by atoms with E-state index in [0.29, 0.717) is 6.54 Å². The summed E-state index contributed by atoms with van der Waals surface area (Å²) in [4.78, 5) is 14.5. The van der Waals surface area contributed by atoms with Crippen LogP contribution in [0.15, 0.2) is 24.3 Å². The van der Waals surface area contributed by atoms with Gasteiger partial charge in [-0.25, -0.2) is 0 Å². The van der Waals surface area contributed by atoms with Crippen LogP contribution in [0.2, 0.25) is 0 Å². The Balaban J connectivity index is 2.24. The quantitative estimate of drug-likeness (QED) is 0.903. The van der Waals surface area contributed by atoms with Crippen LogP contribution in [0.3, 0.4) is 0 Å². The van der Waals surface area contributed by atoms with Crippen molar-refractivity contribution in [2.75, 3.05) is 13.2 Å². The van der Waals surface area contributed by atoms with Gasteiger partial charge in [-0.15, -0.1) is 0 Å². The molecule has 0 bridgehead atoms. The largest absolute Gasteiger partial charge is 0.395 e. The van der Waals surface area contributed by atoms with Gasteiger partial charge < -0.3 is 10.0 Å². The number of benzene rings is 1. The average molecular weight is 261 g/mol. The van der Waals surface area contributed by atoms with E-state index in [0.717, 1.165) is 19.3 Å². The van der Waals surface area contributed by atoms with E-state index < -0.39 is 0 Å². The van der Waals surface area contributed by atoms with Crippen LogP contribution in [0.4, 0.5) is 0 Å². The summed E-state index contributed by atoms with van der Waals surface area (Å²) in [5, 5.41) is 9.13.